The van der Waals surface area contributed by atoms with Gasteiger partial charge in [0.15, 0.2) is 0 Å². The molecule has 0 aliphatic rings. The number of carbonyl (C=O) groups is 3. The summed E-state index contributed by atoms with van der Waals surface area (Å²) in [6, 6.07) is 45.5. The Labute approximate surface area is 290 Å². The van der Waals surface area contributed by atoms with E-state index in [0.717, 1.165) is 43.6 Å². The van der Waals surface area contributed by atoms with Gasteiger partial charge < -0.3 is 16.0 Å². The van der Waals surface area contributed by atoms with Crippen molar-refractivity contribution in [1.82, 2.24) is 5.32 Å². The minimum Gasteiger partial charge on any atom is -0.325 e. The number of hydrogen-bond acceptors (Lipinski definition) is 4. The van der Waals surface area contributed by atoms with Crippen LogP contribution in [0, 0.1) is 13.8 Å². The summed E-state index contributed by atoms with van der Waals surface area (Å²) in [7, 11) is 0. The van der Waals surface area contributed by atoms with E-state index in [1.54, 1.807) is 42.5 Å². The van der Waals surface area contributed by atoms with E-state index in [2.05, 4.69) is 22.0 Å². The Bertz CT molecular complexity index is 2120. The van der Waals surface area contributed by atoms with Crippen molar-refractivity contribution in [3.05, 3.63) is 179 Å². The van der Waals surface area contributed by atoms with Crippen LogP contribution in [-0.2, 0) is 9.59 Å². The number of nitrogens with one attached hydrogen (secondary N) is 3. The van der Waals surface area contributed by atoms with Crippen molar-refractivity contribution in [1.29, 1.82) is 0 Å². The van der Waals surface area contributed by atoms with Crippen LogP contribution in [0.2, 0.25) is 0 Å². The zero-order chi connectivity index (χ0) is 34.2. The van der Waals surface area contributed by atoms with Crippen LogP contribution >= 0.6 is 11.8 Å². The van der Waals surface area contributed by atoms with Crippen molar-refractivity contribution < 1.29 is 14.4 Å². The summed E-state index contributed by atoms with van der Waals surface area (Å²) >= 11 is 1.43. The number of rotatable bonds is 10. The van der Waals surface area contributed by atoms with Crippen molar-refractivity contribution in [2.75, 3.05) is 10.6 Å². The minimum absolute atomic E-state index is 0.107. The molecule has 0 saturated carbocycles. The maximum atomic E-state index is 13.7. The van der Waals surface area contributed by atoms with Crippen LogP contribution in [0.15, 0.2) is 156 Å². The Balaban J connectivity index is 1.22. The molecule has 6 nitrogen and oxygen atoms in total. The Hall–Kier alpha value is -5.92. The summed E-state index contributed by atoms with van der Waals surface area (Å²) in [5.74, 6) is -0.983. The normalized spacial score (nSPS) is 11.8. The second-order valence-electron chi connectivity index (χ2n) is 11.7. The van der Waals surface area contributed by atoms with E-state index in [0.29, 0.717) is 11.3 Å². The lowest BCUT2D eigenvalue weighted by Gasteiger charge is -2.18. The van der Waals surface area contributed by atoms with Gasteiger partial charge in [0.1, 0.15) is 10.9 Å². The van der Waals surface area contributed by atoms with Crippen LogP contribution in [0.25, 0.3) is 16.8 Å². The third kappa shape index (κ3) is 8.52. The molecule has 0 saturated heterocycles. The fourth-order valence-electron chi connectivity index (χ4n) is 5.58. The maximum Gasteiger partial charge on any atom is 0.272 e. The first-order valence-corrected chi connectivity index (χ1v) is 16.8. The predicted molar refractivity (Wildman–Crippen MR) is 200 cm³/mol. The van der Waals surface area contributed by atoms with Crippen LogP contribution in [0.3, 0.4) is 0 Å². The molecule has 3 N–H and O–H groups in total. The molecule has 0 bridgehead atoms. The van der Waals surface area contributed by atoms with Crippen molar-refractivity contribution in [3.8, 4) is 0 Å². The molecule has 242 valence electrons. The van der Waals surface area contributed by atoms with E-state index in [9.17, 15) is 14.4 Å². The molecular formula is C42H35N3O3S. The second-order valence-corrected chi connectivity index (χ2v) is 12.9. The second kappa shape index (κ2) is 15.3. The summed E-state index contributed by atoms with van der Waals surface area (Å²) in [4.78, 5) is 41.4. The highest BCUT2D eigenvalue weighted by atomic mass is 32.2. The molecule has 6 aromatic carbocycles. The lowest BCUT2D eigenvalue weighted by molar-refractivity contribution is -0.116. The first-order valence-electron chi connectivity index (χ1n) is 15.9. The van der Waals surface area contributed by atoms with Gasteiger partial charge >= 0.3 is 0 Å². The summed E-state index contributed by atoms with van der Waals surface area (Å²) < 4.78 is 0. The van der Waals surface area contributed by atoms with Crippen LogP contribution in [-0.4, -0.2) is 17.7 Å². The number of thioether (sulfide) groups is 1. The van der Waals surface area contributed by atoms with Crippen LogP contribution < -0.4 is 16.0 Å². The first kappa shape index (κ1) is 33.0. The molecule has 0 heterocycles. The summed E-state index contributed by atoms with van der Waals surface area (Å²) in [6.45, 7) is 4.01. The zero-order valence-corrected chi connectivity index (χ0v) is 28.0. The highest BCUT2D eigenvalue weighted by Gasteiger charge is 2.23. The number of fused-ring (bicyclic) bond motifs is 1. The molecule has 6 rings (SSSR count). The molecule has 0 radical (unpaired) electrons. The molecule has 0 aliphatic heterocycles. The summed E-state index contributed by atoms with van der Waals surface area (Å²) in [5.41, 5.74) is 5.68. The lowest BCUT2D eigenvalue weighted by atomic mass is 10.0. The van der Waals surface area contributed by atoms with E-state index in [-0.39, 0.29) is 17.5 Å². The monoisotopic (exact) mass is 661 g/mol. The average Bonchev–Trinajstić information content (AvgIpc) is 3.11. The number of anilines is 2. The van der Waals surface area contributed by atoms with Gasteiger partial charge in [0.05, 0.1) is 0 Å². The van der Waals surface area contributed by atoms with E-state index in [1.165, 1.54) is 11.8 Å². The van der Waals surface area contributed by atoms with Crippen LogP contribution in [0.5, 0.6) is 0 Å². The Morgan fingerprint density at radius 1 is 0.633 bits per heavy atom. The number of benzene rings is 6. The van der Waals surface area contributed by atoms with Gasteiger partial charge in [-0.2, -0.15) is 0 Å². The van der Waals surface area contributed by atoms with Gasteiger partial charge in [-0.3, -0.25) is 14.4 Å². The molecule has 0 aromatic heterocycles. The molecule has 49 heavy (non-hydrogen) atoms. The molecule has 0 aliphatic carbocycles. The van der Waals surface area contributed by atoms with Gasteiger partial charge in [0.25, 0.3) is 11.8 Å². The quantitative estimate of drug-likeness (QED) is 0.101. The summed E-state index contributed by atoms with van der Waals surface area (Å²) in [6.07, 6.45) is 1.70. The smallest absolute Gasteiger partial charge is 0.272 e. The fourth-order valence-corrected chi connectivity index (χ4v) is 6.61. The van der Waals surface area contributed by atoms with Crippen molar-refractivity contribution in [3.63, 3.8) is 0 Å². The molecule has 6 aromatic rings. The molecule has 3 amide bonds. The zero-order valence-electron chi connectivity index (χ0n) is 27.1. The SMILES string of the molecule is Cc1cc(C)cc(NC(=O)C(Sc2ccc(NC(=O)/C(=C/c3cccc4ccccc34)NC(=O)c3ccccc3)cc2)c2ccccc2)c1. The van der Waals surface area contributed by atoms with E-state index in [1.807, 2.05) is 117 Å². The van der Waals surface area contributed by atoms with Gasteiger partial charge in [-0.15, -0.1) is 11.8 Å². The van der Waals surface area contributed by atoms with Gasteiger partial charge in [-0.1, -0.05) is 97.1 Å². The van der Waals surface area contributed by atoms with Gasteiger partial charge in [-0.05, 0) is 101 Å². The highest BCUT2D eigenvalue weighted by molar-refractivity contribution is 8.00. The van der Waals surface area contributed by atoms with Gasteiger partial charge in [0, 0.05) is 21.8 Å². The number of carbonyl (C=O) groups excluding carboxylic acids is 3. The van der Waals surface area contributed by atoms with Crippen molar-refractivity contribution in [2.24, 2.45) is 0 Å². The first-order chi connectivity index (χ1) is 23.8. The molecule has 0 spiro atoms. The molecule has 0 fully saturated rings. The maximum absolute atomic E-state index is 13.7. The topological polar surface area (TPSA) is 87.3 Å². The largest absolute Gasteiger partial charge is 0.325 e. The third-order valence-corrected chi connectivity index (χ3v) is 9.11. The third-order valence-electron chi connectivity index (χ3n) is 7.85. The van der Waals surface area contributed by atoms with Crippen molar-refractivity contribution in [2.45, 2.75) is 24.0 Å². The lowest BCUT2D eigenvalue weighted by Crippen LogP contribution is -2.30. The Morgan fingerprint density at radius 3 is 1.98 bits per heavy atom. The van der Waals surface area contributed by atoms with E-state index in [4.69, 9.17) is 0 Å². The van der Waals surface area contributed by atoms with Crippen LogP contribution in [0.1, 0.15) is 37.9 Å². The average molecular weight is 662 g/mol. The molecule has 1 unspecified atom stereocenters. The molecule has 1 atom stereocenters. The molecular weight excluding hydrogens is 627 g/mol. The summed E-state index contributed by atoms with van der Waals surface area (Å²) in [5, 5.41) is 10.3. The number of amides is 3. The van der Waals surface area contributed by atoms with E-state index >= 15 is 0 Å². The van der Waals surface area contributed by atoms with Gasteiger partial charge in [-0.25, -0.2) is 0 Å². The predicted octanol–water partition coefficient (Wildman–Crippen LogP) is 9.34. The number of aryl methyl sites for hydroxylation is 2. The Morgan fingerprint density at radius 2 is 1.27 bits per heavy atom. The Kier molecular flexibility index (Phi) is 10.3. The van der Waals surface area contributed by atoms with E-state index < -0.39 is 11.2 Å². The molecule has 7 heteroatoms. The minimum atomic E-state index is -0.508. The fraction of sp³-hybridized carbons (Fsp3) is 0.0714. The standard InChI is InChI=1S/C42H35N3O3S/c1-28-24-29(2)26-35(25-28)44-42(48)39(31-13-5-3-6-14-31)49-36-22-20-34(21-23-36)43-41(47)38(45-40(46)32-15-7-4-8-16-32)27-33-18-11-17-30-12-9-10-19-37(30)33/h3-27,39H,1-2H3,(H,43,47)(H,44,48)(H,45,46)/b38-27-. The van der Waals surface area contributed by atoms with Gasteiger partial charge in [0.2, 0.25) is 5.91 Å². The number of hydrogen-bond donors (Lipinski definition) is 3. The highest BCUT2D eigenvalue weighted by Crippen LogP contribution is 2.37. The van der Waals surface area contributed by atoms with Crippen molar-refractivity contribution >= 4 is 57.7 Å². The van der Waals surface area contributed by atoms with Crippen LogP contribution in [0.4, 0.5) is 11.4 Å².